The van der Waals surface area contributed by atoms with E-state index in [1.165, 1.54) is 24.0 Å². The van der Waals surface area contributed by atoms with Crippen molar-refractivity contribution in [2.75, 3.05) is 13.1 Å². The Morgan fingerprint density at radius 3 is 2.89 bits per heavy atom. The van der Waals surface area contributed by atoms with Gasteiger partial charge < -0.3 is 5.73 Å². The molecule has 3 rings (SSSR count). The minimum absolute atomic E-state index is 0.340. The largest absolute Gasteiger partial charge is 0.329 e. The third-order valence-corrected chi connectivity index (χ3v) is 4.64. The first kappa shape index (κ1) is 12.8. The van der Waals surface area contributed by atoms with Gasteiger partial charge in [-0.25, -0.2) is 0 Å². The number of thiophene rings is 1. The van der Waals surface area contributed by atoms with E-state index in [0.717, 1.165) is 6.54 Å². The van der Waals surface area contributed by atoms with Gasteiger partial charge in [-0.3, -0.25) is 9.88 Å². The van der Waals surface area contributed by atoms with Crippen LogP contribution >= 0.6 is 11.3 Å². The first-order valence-electron chi connectivity index (χ1n) is 6.78. The second-order valence-corrected chi connectivity index (χ2v) is 5.76. The summed E-state index contributed by atoms with van der Waals surface area (Å²) < 4.78 is 0. The van der Waals surface area contributed by atoms with E-state index in [0.29, 0.717) is 18.6 Å². The molecule has 0 bridgehead atoms. The van der Waals surface area contributed by atoms with Crippen molar-refractivity contribution >= 4 is 11.3 Å². The molecule has 4 heteroatoms. The molecule has 3 heterocycles. The molecule has 0 aromatic carbocycles. The Kier molecular flexibility index (Phi) is 3.92. The highest BCUT2D eigenvalue weighted by Crippen LogP contribution is 2.38. The molecular formula is C15H19N3S. The van der Waals surface area contributed by atoms with Gasteiger partial charge in [0.1, 0.15) is 0 Å². The average Bonchev–Trinajstić information content (AvgIpc) is 3.12. The lowest BCUT2D eigenvalue weighted by Gasteiger charge is -2.32. The molecule has 2 aromatic rings. The van der Waals surface area contributed by atoms with Gasteiger partial charge in [0, 0.05) is 31.0 Å². The van der Waals surface area contributed by atoms with Crippen molar-refractivity contribution in [3.8, 4) is 0 Å². The summed E-state index contributed by atoms with van der Waals surface area (Å²) >= 11 is 1.75. The Bertz CT molecular complexity index is 497. The molecule has 2 N–H and O–H groups in total. The van der Waals surface area contributed by atoms with Crippen LogP contribution in [0.15, 0.2) is 41.4 Å². The van der Waals surface area contributed by atoms with E-state index in [1.807, 2.05) is 12.4 Å². The quantitative estimate of drug-likeness (QED) is 0.931. The number of hydrogen-bond donors (Lipinski definition) is 1. The topological polar surface area (TPSA) is 42.1 Å². The maximum absolute atomic E-state index is 6.03. The van der Waals surface area contributed by atoms with Crippen LogP contribution in [-0.4, -0.2) is 23.0 Å². The third-order valence-electron chi connectivity index (χ3n) is 3.94. The summed E-state index contributed by atoms with van der Waals surface area (Å²) in [6.45, 7) is 1.81. The normalized spacial score (nSPS) is 21.6. The van der Waals surface area contributed by atoms with Crippen LogP contribution in [0.3, 0.4) is 0 Å². The smallest absolute Gasteiger partial charge is 0.0484 e. The number of rotatable bonds is 4. The predicted octanol–water partition coefficient (Wildman–Crippen LogP) is 2.98. The van der Waals surface area contributed by atoms with E-state index >= 15 is 0 Å². The van der Waals surface area contributed by atoms with Gasteiger partial charge in [0.05, 0.1) is 0 Å². The number of hydrogen-bond acceptors (Lipinski definition) is 4. The Labute approximate surface area is 118 Å². The van der Waals surface area contributed by atoms with Crippen molar-refractivity contribution in [1.82, 2.24) is 9.88 Å². The lowest BCUT2D eigenvalue weighted by Crippen LogP contribution is -2.33. The number of pyridine rings is 1. The SMILES string of the molecule is NCC(c1ccsc1)N1CCCC1c1ccncc1. The fraction of sp³-hybridized carbons (Fsp3) is 0.400. The number of likely N-dealkylation sites (tertiary alicyclic amines) is 1. The first-order chi connectivity index (χ1) is 9.40. The van der Waals surface area contributed by atoms with E-state index < -0.39 is 0 Å². The molecule has 1 fully saturated rings. The minimum atomic E-state index is 0.340. The zero-order chi connectivity index (χ0) is 13.1. The first-order valence-corrected chi connectivity index (χ1v) is 7.72. The number of aromatic nitrogens is 1. The van der Waals surface area contributed by atoms with E-state index in [4.69, 9.17) is 5.73 Å². The highest BCUT2D eigenvalue weighted by molar-refractivity contribution is 7.07. The van der Waals surface area contributed by atoms with Crippen LogP contribution < -0.4 is 5.73 Å². The highest BCUT2D eigenvalue weighted by atomic mass is 32.1. The summed E-state index contributed by atoms with van der Waals surface area (Å²) in [7, 11) is 0. The molecular weight excluding hydrogens is 254 g/mol. The number of nitrogens with two attached hydrogens (primary N) is 1. The Hall–Kier alpha value is -1.23. The van der Waals surface area contributed by atoms with E-state index in [2.05, 4.69) is 38.8 Å². The lowest BCUT2D eigenvalue weighted by atomic mass is 10.0. The summed E-state index contributed by atoms with van der Waals surface area (Å²) in [5, 5.41) is 4.36. The Morgan fingerprint density at radius 2 is 2.21 bits per heavy atom. The molecule has 0 amide bonds. The lowest BCUT2D eigenvalue weighted by molar-refractivity contribution is 0.185. The summed E-state index contributed by atoms with van der Waals surface area (Å²) in [5.41, 5.74) is 8.75. The molecule has 1 aliphatic heterocycles. The highest BCUT2D eigenvalue weighted by Gasteiger charge is 2.31. The molecule has 0 spiro atoms. The van der Waals surface area contributed by atoms with Gasteiger partial charge in [-0.1, -0.05) is 0 Å². The van der Waals surface area contributed by atoms with Crippen molar-refractivity contribution in [3.63, 3.8) is 0 Å². The van der Waals surface area contributed by atoms with Gasteiger partial charge in [-0.15, -0.1) is 0 Å². The Balaban J connectivity index is 1.86. The van der Waals surface area contributed by atoms with Crippen LogP contribution in [-0.2, 0) is 0 Å². The fourth-order valence-electron chi connectivity index (χ4n) is 3.03. The van der Waals surface area contributed by atoms with Gasteiger partial charge >= 0.3 is 0 Å². The molecule has 2 atom stereocenters. The molecule has 2 aromatic heterocycles. The zero-order valence-corrected chi connectivity index (χ0v) is 11.7. The molecule has 1 saturated heterocycles. The molecule has 2 unspecified atom stereocenters. The van der Waals surface area contributed by atoms with Crippen LogP contribution in [0.4, 0.5) is 0 Å². The molecule has 0 radical (unpaired) electrons. The van der Waals surface area contributed by atoms with Crippen molar-refractivity contribution in [1.29, 1.82) is 0 Å². The monoisotopic (exact) mass is 273 g/mol. The zero-order valence-electron chi connectivity index (χ0n) is 10.9. The van der Waals surface area contributed by atoms with Crippen molar-refractivity contribution in [3.05, 3.63) is 52.5 Å². The molecule has 0 saturated carbocycles. The van der Waals surface area contributed by atoms with E-state index in [1.54, 1.807) is 11.3 Å². The second kappa shape index (κ2) is 5.82. The van der Waals surface area contributed by atoms with Gasteiger partial charge in [-0.2, -0.15) is 11.3 Å². The second-order valence-electron chi connectivity index (χ2n) is 4.98. The molecule has 1 aliphatic rings. The average molecular weight is 273 g/mol. The van der Waals surface area contributed by atoms with Crippen molar-refractivity contribution in [2.45, 2.75) is 24.9 Å². The van der Waals surface area contributed by atoms with Crippen LogP contribution in [0, 0.1) is 0 Å². The molecule has 100 valence electrons. The maximum Gasteiger partial charge on any atom is 0.0484 e. The van der Waals surface area contributed by atoms with Crippen LogP contribution in [0.2, 0.25) is 0 Å². The molecule has 0 aliphatic carbocycles. The standard InChI is InChI=1S/C15H19N3S/c16-10-15(13-5-9-19-11-13)18-8-1-2-14(18)12-3-6-17-7-4-12/h3-7,9,11,14-15H,1-2,8,10,16H2. The van der Waals surface area contributed by atoms with Crippen LogP contribution in [0.1, 0.15) is 36.1 Å². The minimum Gasteiger partial charge on any atom is -0.329 e. The summed E-state index contributed by atoms with van der Waals surface area (Å²) in [6, 6.07) is 7.28. The number of nitrogens with zero attached hydrogens (tertiary/aromatic N) is 2. The summed E-state index contributed by atoms with van der Waals surface area (Å²) in [5.74, 6) is 0. The van der Waals surface area contributed by atoms with Gasteiger partial charge in [0.2, 0.25) is 0 Å². The van der Waals surface area contributed by atoms with Gasteiger partial charge in [0.25, 0.3) is 0 Å². The Morgan fingerprint density at radius 1 is 1.37 bits per heavy atom. The maximum atomic E-state index is 6.03. The third kappa shape index (κ3) is 2.56. The van der Waals surface area contributed by atoms with Gasteiger partial charge in [-0.05, 0) is 59.5 Å². The summed E-state index contributed by atoms with van der Waals surface area (Å²) in [6.07, 6.45) is 6.22. The van der Waals surface area contributed by atoms with Crippen molar-refractivity contribution in [2.24, 2.45) is 5.73 Å². The van der Waals surface area contributed by atoms with Crippen LogP contribution in [0.25, 0.3) is 0 Å². The molecule has 3 nitrogen and oxygen atoms in total. The van der Waals surface area contributed by atoms with E-state index in [9.17, 15) is 0 Å². The van der Waals surface area contributed by atoms with Gasteiger partial charge in [0.15, 0.2) is 0 Å². The molecule has 19 heavy (non-hydrogen) atoms. The predicted molar refractivity (Wildman–Crippen MR) is 79.0 cm³/mol. The van der Waals surface area contributed by atoms with E-state index in [-0.39, 0.29) is 0 Å². The van der Waals surface area contributed by atoms with Crippen molar-refractivity contribution < 1.29 is 0 Å². The van der Waals surface area contributed by atoms with Crippen LogP contribution in [0.5, 0.6) is 0 Å². The summed E-state index contributed by atoms with van der Waals surface area (Å²) in [4.78, 5) is 6.67. The fourth-order valence-corrected chi connectivity index (χ4v) is 3.74.